The fourth-order valence-electron chi connectivity index (χ4n) is 3.37. The van der Waals surface area contributed by atoms with Crippen LogP contribution in [0.1, 0.15) is 57.4 Å². The Morgan fingerprint density at radius 2 is 2.10 bits per heavy atom. The number of halogens is 2. The minimum atomic E-state index is -2.60. The zero-order valence-electron chi connectivity index (χ0n) is 17.4. The Kier molecular flexibility index (Phi) is 6.79. The van der Waals surface area contributed by atoms with E-state index in [1.165, 1.54) is 12.4 Å². The Hall–Kier alpha value is -3.14. The molecular formula is C21H24F2N4O4. The Balaban J connectivity index is 1.79. The summed E-state index contributed by atoms with van der Waals surface area (Å²) in [7, 11) is 0. The van der Waals surface area contributed by atoms with Crippen molar-refractivity contribution < 1.29 is 28.2 Å². The molecule has 2 atom stereocenters. The van der Waals surface area contributed by atoms with Gasteiger partial charge in [0, 0.05) is 42.2 Å². The summed E-state index contributed by atoms with van der Waals surface area (Å²) in [6, 6.07) is 2.92. The van der Waals surface area contributed by atoms with Gasteiger partial charge in [-0.05, 0) is 38.5 Å². The zero-order chi connectivity index (χ0) is 22.7. The van der Waals surface area contributed by atoms with Crippen molar-refractivity contribution in [2.75, 3.05) is 13.2 Å². The average Bonchev–Trinajstić information content (AvgIpc) is 3.07. The normalized spacial score (nSPS) is 15.1. The van der Waals surface area contributed by atoms with Gasteiger partial charge < -0.3 is 20.1 Å². The largest absolute Gasteiger partial charge is 0.471 e. The molecule has 10 heteroatoms. The fourth-order valence-corrected chi connectivity index (χ4v) is 3.37. The van der Waals surface area contributed by atoms with E-state index in [0.29, 0.717) is 22.3 Å². The maximum absolute atomic E-state index is 13.0. The second-order valence-electron chi connectivity index (χ2n) is 7.45. The van der Waals surface area contributed by atoms with Crippen LogP contribution in [-0.4, -0.2) is 57.5 Å². The number of aliphatic hydroxyl groups is 1. The molecule has 2 aromatic heterocycles. The standard InChI is InChI=1S/C21H24F2N4O4/c1-11-6-14(8-26-20(11)31-10-17(22)23)13(3)27-9-16-15(21(27)30)4-5-24-18(16)19(29)25-7-12(2)28/h4-6,8,12-13,17,28H,7,9-10H2,1-3H3,(H,25,29). The predicted molar refractivity (Wildman–Crippen MR) is 107 cm³/mol. The van der Waals surface area contributed by atoms with Gasteiger partial charge >= 0.3 is 0 Å². The number of carbonyl (C=O) groups excluding carboxylic acids is 2. The zero-order valence-corrected chi connectivity index (χ0v) is 17.4. The highest BCUT2D eigenvalue weighted by atomic mass is 19.3. The van der Waals surface area contributed by atoms with Gasteiger partial charge in [0.25, 0.3) is 18.2 Å². The van der Waals surface area contributed by atoms with Crippen LogP contribution in [-0.2, 0) is 6.54 Å². The van der Waals surface area contributed by atoms with Crippen LogP contribution in [0.2, 0.25) is 0 Å². The third kappa shape index (κ3) is 4.96. The van der Waals surface area contributed by atoms with E-state index in [-0.39, 0.29) is 36.6 Å². The second-order valence-corrected chi connectivity index (χ2v) is 7.45. The molecule has 3 heterocycles. The summed E-state index contributed by atoms with van der Waals surface area (Å²) in [6.45, 7) is 4.58. The number of alkyl halides is 2. The lowest BCUT2D eigenvalue weighted by Crippen LogP contribution is -2.32. The SMILES string of the molecule is Cc1cc(C(C)N2Cc3c(ccnc3C(=O)NCC(C)O)C2=O)cnc1OCC(F)F. The number of fused-ring (bicyclic) bond motifs is 1. The molecule has 1 aliphatic rings. The first-order valence-corrected chi connectivity index (χ1v) is 9.81. The minimum absolute atomic E-state index is 0.0726. The Morgan fingerprint density at radius 1 is 1.35 bits per heavy atom. The smallest absolute Gasteiger partial charge is 0.272 e. The molecule has 0 radical (unpaired) electrons. The molecule has 0 aromatic carbocycles. The number of nitrogens with zero attached hydrogens (tertiary/aromatic N) is 3. The number of hydrogen-bond acceptors (Lipinski definition) is 6. The number of nitrogens with one attached hydrogen (secondary N) is 1. The topological polar surface area (TPSA) is 105 Å². The number of pyridine rings is 2. The van der Waals surface area contributed by atoms with E-state index in [4.69, 9.17) is 4.74 Å². The van der Waals surface area contributed by atoms with Gasteiger partial charge in [-0.15, -0.1) is 0 Å². The van der Waals surface area contributed by atoms with E-state index in [9.17, 15) is 23.5 Å². The van der Waals surface area contributed by atoms with Crippen LogP contribution in [0.5, 0.6) is 5.88 Å². The Labute approximate surface area is 178 Å². The van der Waals surface area contributed by atoms with Crippen LogP contribution in [0.4, 0.5) is 8.78 Å². The molecule has 0 saturated carbocycles. The first kappa shape index (κ1) is 22.5. The molecule has 0 saturated heterocycles. The lowest BCUT2D eigenvalue weighted by atomic mass is 10.1. The minimum Gasteiger partial charge on any atom is -0.471 e. The van der Waals surface area contributed by atoms with Gasteiger partial charge in [0.1, 0.15) is 5.69 Å². The average molecular weight is 434 g/mol. The second kappa shape index (κ2) is 9.34. The highest BCUT2D eigenvalue weighted by molar-refractivity contribution is 6.03. The van der Waals surface area contributed by atoms with Crippen molar-refractivity contribution in [3.63, 3.8) is 0 Å². The van der Waals surface area contributed by atoms with Crippen molar-refractivity contribution in [3.8, 4) is 5.88 Å². The molecule has 0 spiro atoms. The molecular weight excluding hydrogens is 410 g/mol. The Bertz CT molecular complexity index is 984. The quantitative estimate of drug-likeness (QED) is 0.661. The van der Waals surface area contributed by atoms with Gasteiger partial charge in [0.2, 0.25) is 5.88 Å². The van der Waals surface area contributed by atoms with Gasteiger partial charge in [-0.25, -0.2) is 13.8 Å². The lowest BCUT2D eigenvalue weighted by Gasteiger charge is -2.25. The summed E-state index contributed by atoms with van der Waals surface area (Å²) in [6.07, 6.45) is -0.407. The highest BCUT2D eigenvalue weighted by Gasteiger charge is 2.35. The molecule has 0 aliphatic carbocycles. The van der Waals surface area contributed by atoms with Crippen LogP contribution < -0.4 is 10.1 Å². The number of rotatable bonds is 8. The molecule has 31 heavy (non-hydrogen) atoms. The molecule has 2 aromatic rings. The van der Waals surface area contributed by atoms with Gasteiger partial charge in [-0.2, -0.15) is 0 Å². The first-order valence-electron chi connectivity index (χ1n) is 9.81. The van der Waals surface area contributed by atoms with E-state index < -0.39 is 25.0 Å². The van der Waals surface area contributed by atoms with Crippen molar-refractivity contribution >= 4 is 11.8 Å². The number of amides is 2. The Morgan fingerprint density at radius 3 is 2.74 bits per heavy atom. The molecule has 0 fully saturated rings. The summed E-state index contributed by atoms with van der Waals surface area (Å²) < 4.78 is 29.7. The predicted octanol–water partition coefficient (Wildman–Crippen LogP) is 2.26. The summed E-state index contributed by atoms with van der Waals surface area (Å²) in [5.41, 5.74) is 2.34. The van der Waals surface area contributed by atoms with Crippen LogP contribution in [0, 0.1) is 6.92 Å². The summed E-state index contributed by atoms with van der Waals surface area (Å²) in [5.74, 6) is -0.586. The number of ether oxygens (including phenoxy) is 1. The van der Waals surface area contributed by atoms with Gasteiger partial charge in [0.15, 0.2) is 6.61 Å². The molecule has 166 valence electrons. The molecule has 2 amide bonds. The maximum Gasteiger partial charge on any atom is 0.272 e. The molecule has 1 aliphatic heterocycles. The van der Waals surface area contributed by atoms with Crippen molar-refractivity contribution in [3.05, 3.63) is 52.5 Å². The van der Waals surface area contributed by atoms with Crippen LogP contribution in [0.25, 0.3) is 0 Å². The number of aryl methyl sites for hydroxylation is 1. The van der Waals surface area contributed by atoms with E-state index >= 15 is 0 Å². The van der Waals surface area contributed by atoms with Crippen molar-refractivity contribution in [2.24, 2.45) is 0 Å². The van der Waals surface area contributed by atoms with E-state index in [1.807, 2.05) is 6.92 Å². The van der Waals surface area contributed by atoms with Crippen molar-refractivity contribution in [2.45, 2.75) is 45.9 Å². The number of aliphatic hydroxyl groups excluding tert-OH is 1. The van der Waals surface area contributed by atoms with Gasteiger partial charge in [-0.3, -0.25) is 14.6 Å². The molecule has 2 N–H and O–H groups in total. The van der Waals surface area contributed by atoms with Crippen LogP contribution in [0.15, 0.2) is 24.5 Å². The van der Waals surface area contributed by atoms with E-state index in [0.717, 1.165) is 0 Å². The monoisotopic (exact) mass is 434 g/mol. The van der Waals surface area contributed by atoms with Crippen molar-refractivity contribution in [1.29, 1.82) is 0 Å². The summed E-state index contributed by atoms with van der Waals surface area (Å²) in [5, 5.41) is 12.0. The van der Waals surface area contributed by atoms with Gasteiger partial charge in [0.05, 0.1) is 12.1 Å². The molecule has 2 unspecified atom stereocenters. The van der Waals surface area contributed by atoms with E-state index in [2.05, 4.69) is 15.3 Å². The van der Waals surface area contributed by atoms with Crippen LogP contribution >= 0.6 is 0 Å². The van der Waals surface area contributed by atoms with Crippen LogP contribution in [0.3, 0.4) is 0 Å². The summed E-state index contributed by atoms with van der Waals surface area (Å²) >= 11 is 0. The fraction of sp³-hybridized carbons (Fsp3) is 0.429. The summed E-state index contributed by atoms with van der Waals surface area (Å²) in [4.78, 5) is 35.3. The highest BCUT2D eigenvalue weighted by Crippen LogP contribution is 2.33. The number of carbonyl (C=O) groups is 2. The van der Waals surface area contributed by atoms with E-state index in [1.54, 1.807) is 30.9 Å². The maximum atomic E-state index is 13.0. The number of aromatic nitrogens is 2. The molecule has 8 nitrogen and oxygen atoms in total. The number of hydrogen-bond donors (Lipinski definition) is 2. The van der Waals surface area contributed by atoms with Crippen molar-refractivity contribution in [1.82, 2.24) is 20.2 Å². The van der Waals surface area contributed by atoms with Gasteiger partial charge in [-0.1, -0.05) is 0 Å². The molecule has 0 bridgehead atoms. The third-order valence-corrected chi connectivity index (χ3v) is 5.00. The first-order chi connectivity index (χ1) is 14.7. The lowest BCUT2D eigenvalue weighted by molar-refractivity contribution is 0.0712. The molecule has 3 rings (SSSR count). The third-order valence-electron chi connectivity index (χ3n) is 5.00.